The van der Waals surface area contributed by atoms with Gasteiger partial charge in [0.25, 0.3) is 0 Å². The molecule has 2 nitrogen and oxygen atoms in total. The van der Waals surface area contributed by atoms with E-state index in [1.165, 1.54) is 5.56 Å². The number of hydrogen-bond donors (Lipinski definition) is 1. The van der Waals surface area contributed by atoms with Crippen molar-refractivity contribution in [2.45, 2.75) is 38.8 Å². The lowest BCUT2D eigenvalue weighted by atomic mass is 10.1. The SMILES string of the molecule is CC(CCc1ccco1)N[C@H](C)c1ccccc1Br. The van der Waals surface area contributed by atoms with Crippen LogP contribution in [0.15, 0.2) is 51.6 Å². The second kappa shape index (κ2) is 6.92. The maximum absolute atomic E-state index is 5.36. The highest BCUT2D eigenvalue weighted by molar-refractivity contribution is 9.10. The third-order valence-electron chi connectivity index (χ3n) is 3.31. The fourth-order valence-electron chi connectivity index (χ4n) is 2.24. The Morgan fingerprint density at radius 1 is 1.16 bits per heavy atom. The first-order valence-electron chi connectivity index (χ1n) is 6.69. The average Bonchev–Trinajstić information content (AvgIpc) is 2.90. The Bertz CT molecular complexity index is 495. The van der Waals surface area contributed by atoms with E-state index in [1.54, 1.807) is 6.26 Å². The van der Waals surface area contributed by atoms with E-state index in [0.29, 0.717) is 12.1 Å². The van der Waals surface area contributed by atoms with Crippen molar-refractivity contribution in [3.8, 4) is 0 Å². The lowest BCUT2D eigenvalue weighted by molar-refractivity contribution is 0.430. The van der Waals surface area contributed by atoms with E-state index < -0.39 is 0 Å². The third kappa shape index (κ3) is 4.22. The lowest BCUT2D eigenvalue weighted by Gasteiger charge is -2.21. The second-order valence-electron chi connectivity index (χ2n) is 4.93. The molecular formula is C16H20BrNO. The summed E-state index contributed by atoms with van der Waals surface area (Å²) in [5.41, 5.74) is 1.30. The number of aryl methyl sites for hydroxylation is 1. The molecule has 0 spiro atoms. The Hall–Kier alpha value is -1.06. The standard InChI is InChI=1S/C16H20BrNO/c1-12(9-10-14-6-5-11-19-14)18-13(2)15-7-3-4-8-16(15)17/h3-8,11-13,18H,9-10H2,1-2H3/t12?,13-/m1/s1. The predicted octanol–water partition coefficient (Wildman–Crippen LogP) is 4.71. The molecule has 19 heavy (non-hydrogen) atoms. The van der Waals surface area contributed by atoms with Gasteiger partial charge in [0.15, 0.2) is 0 Å². The minimum Gasteiger partial charge on any atom is -0.469 e. The van der Waals surface area contributed by atoms with Gasteiger partial charge in [0.05, 0.1) is 6.26 Å². The molecular weight excluding hydrogens is 302 g/mol. The summed E-state index contributed by atoms with van der Waals surface area (Å²) in [6.45, 7) is 4.42. The van der Waals surface area contributed by atoms with Gasteiger partial charge in [0, 0.05) is 23.0 Å². The summed E-state index contributed by atoms with van der Waals surface area (Å²) in [4.78, 5) is 0. The molecule has 1 aromatic carbocycles. The number of furan rings is 1. The zero-order chi connectivity index (χ0) is 13.7. The molecule has 0 aliphatic heterocycles. The fraction of sp³-hybridized carbons (Fsp3) is 0.375. The zero-order valence-electron chi connectivity index (χ0n) is 11.4. The van der Waals surface area contributed by atoms with Gasteiger partial charge in [0.2, 0.25) is 0 Å². The molecule has 1 unspecified atom stereocenters. The average molecular weight is 322 g/mol. The van der Waals surface area contributed by atoms with Crippen LogP contribution < -0.4 is 5.32 Å². The summed E-state index contributed by atoms with van der Waals surface area (Å²) in [5.74, 6) is 1.06. The van der Waals surface area contributed by atoms with E-state index in [0.717, 1.165) is 23.1 Å². The summed E-state index contributed by atoms with van der Waals surface area (Å²) in [6, 6.07) is 13.1. The van der Waals surface area contributed by atoms with Crippen LogP contribution in [0.4, 0.5) is 0 Å². The highest BCUT2D eigenvalue weighted by Gasteiger charge is 2.12. The van der Waals surface area contributed by atoms with E-state index >= 15 is 0 Å². The van der Waals surface area contributed by atoms with Crippen molar-refractivity contribution >= 4 is 15.9 Å². The summed E-state index contributed by atoms with van der Waals surface area (Å²) in [6.07, 6.45) is 3.78. The number of nitrogens with one attached hydrogen (secondary N) is 1. The molecule has 2 rings (SSSR count). The zero-order valence-corrected chi connectivity index (χ0v) is 13.0. The van der Waals surface area contributed by atoms with Gasteiger partial charge in [-0.1, -0.05) is 34.1 Å². The number of halogens is 1. The predicted molar refractivity (Wildman–Crippen MR) is 82.2 cm³/mol. The van der Waals surface area contributed by atoms with E-state index in [4.69, 9.17) is 4.42 Å². The quantitative estimate of drug-likeness (QED) is 0.833. The summed E-state index contributed by atoms with van der Waals surface area (Å²) in [7, 11) is 0. The summed E-state index contributed by atoms with van der Waals surface area (Å²) in [5, 5.41) is 3.63. The maximum Gasteiger partial charge on any atom is 0.103 e. The number of rotatable bonds is 6. The van der Waals surface area contributed by atoms with Gasteiger partial charge in [0.1, 0.15) is 5.76 Å². The molecule has 0 saturated heterocycles. The van der Waals surface area contributed by atoms with E-state index in [-0.39, 0.29) is 0 Å². The minimum absolute atomic E-state index is 0.335. The van der Waals surface area contributed by atoms with Crippen LogP contribution in [0, 0.1) is 0 Å². The molecule has 0 bridgehead atoms. The summed E-state index contributed by atoms with van der Waals surface area (Å²) < 4.78 is 6.52. The Balaban J connectivity index is 1.85. The molecule has 0 saturated carbocycles. The molecule has 1 aromatic heterocycles. The molecule has 0 amide bonds. The van der Waals surface area contributed by atoms with Crippen molar-refractivity contribution in [2.75, 3.05) is 0 Å². The first-order chi connectivity index (χ1) is 9.16. The number of hydrogen-bond acceptors (Lipinski definition) is 2. The monoisotopic (exact) mass is 321 g/mol. The van der Waals surface area contributed by atoms with Crippen molar-refractivity contribution in [3.05, 3.63) is 58.5 Å². The van der Waals surface area contributed by atoms with Crippen LogP contribution in [-0.4, -0.2) is 6.04 Å². The minimum atomic E-state index is 0.335. The van der Waals surface area contributed by atoms with Crippen LogP contribution in [0.2, 0.25) is 0 Å². The fourth-order valence-corrected chi connectivity index (χ4v) is 2.87. The largest absolute Gasteiger partial charge is 0.469 e. The van der Waals surface area contributed by atoms with Crippen LogP contribution in [0.5, 0.6) is 0 Å². The molecule has 3 heteroatoms. The summed E-state index contributed by atoms with van der Waals surface area (Å²) >= 11 is 3.60. The first kappa shape index (κ1) is 14.4. The van der Waals surface area contributed by atoms with Gasteiger partial charge in [-0.2, -0.15) is 0 Å². The van der Waals surface area contributed by atoms with E-state index in [2.05, 4.69) is 53.3 Å². The van der Waals surface area contributed by atoms with Crippen LogP contribution in [-0.2, 0) is 6.42 Å². The third-order valence-corrected chi connectivity index (χ3v) is 4.03. The highest BCUT2D eigenvalue weighted by Crippen LogP contribution is 2.23. The molecule has 1 heterocycles. The van der Waals surface area contributed by atoms with Crippen molar-refractivity contribution < 1.29 is 4.42 Å². The molecule has 2 aromatic rings. The van der Waals surface area contributed by atoms with E-state index in [1.807, 2.05) is 18.2 Å². The molecule has 0 radical (unpaired) electrons. The van der Waals surface area contributed by atoms with Gasteiger partial charge < -0.3 is 9.73 Å². The molecule has 0 aliphatic rings. The van der Waals surface area contributed by atoms with Crippen molar-refractivity contribution in [2.24, 2.45) is 0 Å². The van der Waals surface area contributed by atoms with Crippen LogP contribution >= 0.6 is 15.9 Å². The van der Waals surface area contributed by atoms with Gasteiger partial charge in [-0.15, -0.1) is 0 Å². The number of benzene rings is 1. The topological polar surface area (TPSA) is 25.2 Å². The second-order valence-corrected chi connectivity index (χ2v) is 5.78. The molecule has 0 aliphatic carbocycles. The maximum atomic E-state index is 5.36. The van der Waals surface area contributed by atoms with Gasteiger partial charge in [-0.05, 0) is 44.0 Å². The van der Waals surface area contributed by atoms with Crippen molar-refractivity contribution in [1.82, 2.24) is 5.32 Å². The van der Waals surface area contributed by atoms with Gasteiger partial charge in [-0.25, -0.2) is 0 Å². The van der Waals surface area contributed by atoms with Crippen LogP contribution in [0.25, 0.3) is 0 Å². The Labute approximate surface area is 123 Å². The van der Waals surface area contributed by atoms with Crippen molar-refractivity contribution in [3.63, 3.8) is 0 Å². The Morgan fingerprint density at radius 2 is 1.95 bits per heavy atom. The first-order valence-corrected chi connectivity index (χ1v) is 7.49. The van der Waals surface area contributed by atoms with Gasteiger partial charge in [-0.3, -0.25) is 0 Å². The van der Waals surface area contributed by atoms with Crippen LogP contribution in [0.1, 0.15) is 37.6 Å². The molecule has 102 valence electrons. The smallest absolute Gasteiger partial charge is 0.103 e. The molecule has 0 fully saturated rings. The Morgan fingerprint density at radius 3 is 2.63 bits per heavy atom. The molecule has 1 N–H and O–H groups in total. The highest BCUT2D eigenvalue weighted by atomic mass is 79.9. The van der Waals surface area contributed by atoms with Gasteiger partial charge >= 0.3 is 0 Å². The van der Waals surface area contributed by atoms with Crippen molar-refractivity contribution in [1.29, 1.82) is 0 Å². The van der Waals surface area contributed by atoms with Crippen LogP contribution in [0.3, 0.4) is 0 Å². The normalized spacial score (nSPS) is 14.3. The lowest BCUT2D eigenvalue weighted by Crippen LogP contribution is -2.29. The molecule has 2 atom stereocenters. The van der Waals surface area contributed by atoms with E-state index in [9.17, 15) is 0 Å². The Kier molecular flexibility index (Phi) is 5.23.